The molecule has 0 aromatic heterocycles. The second kappa shape index (κ2) is 7.91. The molecular weight excluding hydrogens is 280 g/mol. The van der Waals surface area contributed by atoms with Gasteiger partial charge in [0.05, 0.1) is 13.1 Å². The largest absolute Gasteiger partial charge is 0.325 e. The van der Waals surface area contributed by atoms with Crippen LogP contribution in [0, 0.1) is 6.92 Å². The lowest BCUT2D eigenvalue weighted by Crippen LogP contribution is -2.36. The molecule has 0 bridgehead atoms. The van der Waals surface area contributed by atoms with Gasteiger partial charge in [0.1, 0.15) is 0 Å². The number of likely N-dealkylation sites (tertiary alicyclic amines) is 1. The number of aryl methyl sites for hydroxylation is 1. The highest BCUT2D eigenvalue weighted by Gasteiger charge is 2.14. The first-order valence-electron chi connectivity index (χ1n) is 7.71. The molecule has 2 amide bonds. The number of carbonyl (C=O) groups is 2. The summed E-state index contributed by atoms with van der Waals surface area (Å²) >= 11 is 0. The first-order valence-corrected chi connectivity index (χ1v) is 7.71. The summed E-state index contributed by atoms with van der Waals surface area (Å²) in [5.41, 5.74) is 7.59. The zero-order valence-electron chi connectivity index (χ0n) is 13.0. The number of anilines is 2. The summed E-state index contributed by atoms with van der Waals surface area (Å²) in [6.45, 7) is 4.24. The minimum atomic E-state index is -0.255. The number of carbonyl (C=O) groups excluding carboxylic acids is 2. The topological polar surface area (TPSA) is 87.5 Å². The van der Waals surface area contributed by atoms with E-state index in [0.29, 0.717) is 12.2 Å². The van der Waals surface area contributed by atoms with Crippen molar-refractivity contribution in [1.82, 2.24) is 4.90 Å². The van der Waals surface area contributed by atoms with Crippen LogP contribution < -0.4 is 16.4 Å². The molecule has 22 heavy (non-hydrogen) atoms. The van der Waals surface area contributed by atoms with Crippen molar-refractivity contribution in [3.63, 3.8) is 0 Å². The van der Waals surface area contributed by atoms with Crippen molar-refractivity contribution in [2.75, 3.05) is 36.8 Å². The molecule has 1 saturated heterocycles. The van der Waals surface area contributed by atoms with E-state index in [1.165, 1.54) is 6.42 Å². The summed E-state index contributed by atoms with van der Waals surface area (Å²) < 4.78 is 0. The van der Waals surface area contributed by atoms with Crippen LogP contribution in [-0.4, -0.2) is 42.9 Å². The van der Waals surface area contributed by atoms with Crippen molar-refractivity contribution in [2.24, 2.45) is 5.73 Å². The zero-order valence-corrected chi connectivity index (χ0v) is 13.0. The Morgan fingerprint density at radius 1 is 1.14 bits per heavy atom. The molecule has 0 atom stereocenters. The molecule has 6 nitrogen and oxygen atoms in total. The second-order valence-corrected chi connectivity index (χ2v) is 5.67. The van der Waals surface area contributed by atoms with Crippen LogP contribution in [0.2, 0.25) is 0 Å². The van der Waals surface area contributed by atoms with Gasteiger partial charge in [0.25, 0.3) is 0 Å². The fourth-order valence-electron chi connectivity index (χ4n) is 2.56. The Morgan fingerprint density at radius 2 is 1.86 bits per heavy atom. The lowest BCUT2D eigenvalue weighted by atomic mass is 10.1. The maximum atomic E-state index is 12.2. The quantitative estimate of drug-likeness (QED) is 0.765. The second-order valence-electron chi connectivity index (χ2n) is 5.67. The molecule has 0 saturated carbocycles. The molecule has 4 N–H and O–H groups in total. The molecule has 1 aliphatic heterocycles. The molecule has 1 fully saturated rings. The van der Waals surface area contributed by atoms with Crippen molar-refractivity contribution in [3.05, 3.63) is 23.8 Å². The van der Waals surface area contributed by atoms with Crippen molar-refractivity contribution >= 4 is 23.2 Å². The highest BCUT2D eigenvalue weighted by molar-refractivity contribution is 5.96. The summed E-state index contributed by atoms with van der Waals surface area (Å²) in [6.07, 6.45) is 3.57. The van der Waals surface area contributed by atoms with E-state index < -0.39 is 0 Å². The van der Waals surface area contributed by atoms with Gasteiger partial charge in [-0.15, -0.1) is 0 Å². The smallest absolute Gasteiger partial charge is 0.238 e. The van der Waals surface area contributed by atoms with Crippen molar-refractivity contribution in [3.8, 4) is 0 Å². The summed E-state index contributed by atoms with van der Waals surface area (Å²) in [5, 5.41) is 5.61. The Hall–Kier alpha value is -1.92. The van der Waals surface area contributed by atoms with Gasteiger partial charge in [-0.25, -0.2) is 0 Å². The van der Waals surface area contributed by atoms with E-state index in [1.54, 1.807) is 12.1 Å². The molecule has 1 aliphatic rings. The van der Waals surface area contributed by atoms with E-state index >= 15 is 0 Å². The van der Waals surface area contributed by atoms with Crippen LogP contribution in [0.5, 0.6) is 0 Å². The van der Waals surface area contributed by atoms with Crippen molar-refractivity contribution < 1.29 is 9.59 Å². The number of piperidine rings is 1. The first-order chi connectivity index (χ1) is 10.6. The van der Waals surface area contributed by atoms with E-state index in [-0.39, 0.29) is 18.4 Å². The Kier molecular flexibility index (Phi) is 5.91. The van der Waals surface area contributed by atoms with Gasteiger partial charge in [-0.3, -0.25) is 14.5 Å². The Morgan fingerprint density at radius 3 is 2.55 bits per heavy atom. The number of nitrogens with one attached hydrogen (secondary N) is 2. The van der Waals surface area contributed by atoms with Crippen LogP contribution in [0.3, 0.4) is 0 Å². The normalized spacial score (nSPS) is 15.4. The molecule has 0 radical (unpaired) electrons. The maximum absolute atomic E-state index is 12.2. The fraction of sp³-hybridized carbons (Fsp3) is 0.500. The minimum Gasteiger partial charge on any atom is -0.325 e. The van der Waals surface area contributed by atoms with E-state index in [2.05, 4.69) is 15.5 Å². The molecule has 0 spiro atoms. The number of rotatable bonds is 5. The minimum absolute atomic E-state index is 0.0210. The van der Waals surface area contributed by atoms with Crippen LogP contribution in [0.15, 0.2) is 18.2 Å². The van der Waals surface area contributed by atoms with Crippen LogP contribution in [0.1, 0.15) is 24.8 Å². The number of hydrogen-bond donors (Lipinski definition) is 3. The van der Waals surface area contributed by atoms with Crippen molar-refractivity contribution in [2.45, 2.75) is 26.2 Å². The Bertz CT molecular complexity index is 539. The van der Waals surface area contributed by atoms with Crippen LogP contribution in [-0.2, 0) is 9.59 Å². The van der Waals surface area contributed by atoms with Gasteiger partial charge in [0, 0.05) is 11.4 Å². The van der Waals surface area contributed by atoms with Gasteiger partial charge in [-0.05, 0) is 50.6 Å². The lowest BCUT2D eigenvalue weighted by molar-refractivity contribution is -0.117. The fourth-order valence-corrected chi connectivity index (χ4v) is 2.56. The molecule has 0 aliphatic carbocycles. The zero-order chi connectivity index (χ0) is 15.9. The average Bonchev–Trinajstić information content (AvgIpc) is 2.51. The summed E-state index contributed by atoms with van der Waals surface area (Å²) in [6, 6.07) is 5.42. The van der Waals surface area contributed by atoms with E-state index in [1.807, 2.05) is 13.0 Å². The Balaban J connectivity index is 1.96. The summed E-state index contributed by atoms with van der Waals surface area (Å²) in [5.74, 6) is -0.276. The maximum Gasteiger partial charge on any atom is 0.238 e. The highest BCUT2D eigenvalue weighted by Crippen LogP contribution is 2.20. The van der Waals surface area contributed by atoms with E-state index in [9.17, 15) is 9.59 Å². The van der Waals surface area contributed by atoms with Gasteiger partial charge in [-0.1, -0.05) is 12.5 Å². The van der Waals surface area contributed by atoms with Gasteiger partial charge in [0.15, 0.2) is 0 Å². The number of nitrogens with two attached hydrogens (primary N) is 1. The molecule has 2 rings (SSSR count). The predicted octanol–water partition coefficient (Wildman–Crippen LogP) is 1.32. The molecule has 1 heterocycles. The SMILES string of the molecule is Cc1ccc(NC(=O)CN)cc1NC(=O)CN1CCCCC1. The van der Waals surface area contributed by atoms with Crippen molar-refractivity contribution in [1.29, 1.82) is 0 Å². The van der Waals surface area contributed by atoms with Gasteiger partial charge in [0.2, 0.25) is 11.8 Å². The van der Waals surface area contributed by atoms with Gasteiger partial charge >= 0.3 is 0 Å². The molecule has 0 unspecified atom stereocenters. The van der Waals surface area contributed by atoms with Crippen LogP contribution >= 0.6 is 0 Å². The van der Waals surface area contributed by atoms with Gasteiger partial charge < -0.3 is 16.4 Å². The molecule has 120 valence electrons. The number of amides is 2. The average molecular weight is 304 g/mol. The highest BCUT2D eigenvalue weighted by atomic mass is 16.2. The number of nitrogens with zero attached hydrogens (tertiary/aromatic N) is 1. The Labute approximate surface area is 131 Å². The summed E-state index contributed by atoms with van der Waals surface area (Å²) in [7, 11) is 0. The van der Waals surface area contributed by atoms with Gasteiger partial charge in [-0.2, -0.15) is 0 Å². The third-order valence-electron chi connectivity index (χ3n) is 3.80. The number of hydrogen-bond acceptors (Lipinski definition) is 4. The molecule has 1 aromatic rings. The molecule has 6 heteroatoms. The number of benzene rings is 1. The third kappa shape index (κ3) is 4.82. The van der Waals surface area contributed by atoms with Crippen LogP contribution in [0.25, 0.3) is 0 Å². The van der Waals surface area contributed by atoms with E-state index in [4.69, 9.17) is 5.73 Å². The summed E-state index contributed by atoms with van der Waals surface area (Å²) in [4.78, 5) is 25.7. The lowest BCUT2D eigenvalue weighted by Gasteiger charge is -2.25. The van der Waals surface area contributed by atoms with E-state index in [0.717, 1.165) is 37.2 Å². The first kappa shape index (κ1) is 16.5. The standard InChI is InChI=1S/C16H24N4O2/c1-12-5-6-13(18-15(21)10-17)9-14(12)19-16(22)11-20-7-3-2-4-8-20/h5-6,9H,2-4,7-8,10-11,17H2,1H3,(H,18,21)(H,19,22). The molecular formula is C16H24N4O2. The third-order valence-corrected chi connectivity index (χ3v) is 3.80. The molecule has 1 aromatic carbocycles. The predicted molar refractivity (Wildman–Crippen MR) is 87.8 cm³/mol. The monoisotopic (exact) mass is 304 g/mol. The van der Waals surface area contributed by atoms with Crippen LogP contribution in [0.4, 0.5) is 11.4 Å².